The third-order valence-corrected chi connectivity index (χ3v) is 7.34. The Balaban J connectivity index is 1.37. The molecule has 0 unspecified atom stereocenters. The topological polar surface area (TPSA) is 138 Å². The maximum absolute atomic E-state index is 15.0. The number of nitrogens with zero attached hydrogens (tertiary/aromatic N) is 7. The lowest BCUT2D eigenvalue weighted by molar-refractivity contribution is -0.0760. The van der Waals surface area contributed by atoms with Crippen molar-refractivity contribution in [2.24, 2.45) is 0 Å². The van der Waals surface area contributed by atoms with E-state index in [1.165, 1.54) is 31.7 Å². The van der Waals surface area contributed by atoms with Crippen LogP contribution in [0.3, 0.4) is 0 Å². The van der Waals surface area contributed by atoms with Gasteiger partial charge in [0, 0.05) is 32.8 Å². The van der Waals surface area contributed by atoms with Crippen LogP contribution >= 0.6 is 0 Å². The number of likely N-dealkylation sites (tertiary alicyclic amines) is 1. The fourth-order valence-electron chi connectivity index (χ4n) is 4.69. The largest absolute Gasteiger partial charge is 0.477 e. The van der Waals surface area contributed by atoms with Gasteiger partial charge in [-0.05, 0) is 46.3 Å². The summed E-state index contributed by atoms with van der Waals surface area (Å²) in [5.74, 6) is -2.46. The van der Waals surface area contributed by atoms with E-state index < -0.39 is 30.5 Å². The second kappa shape index (κ2) is 12.1. The Bertz CT molecular complexity index is 1190. The molecule has 4 rings (SSSR count). The highest BCUT2D eigenvalue weighted by Gasteiger charge is 2.48. The van der Waals surface area contributed by atoms with Crippen LogP contribution in [0, 0.1) is 0 Å². The van der Waals surface area contributed by atoms with E-state index in [0.29, 0.717) is 6.61 Å². The van der Waals surface area contributed by atoms with E-state index in [9.17, 15) is 18.4 Å². The van der Waals surface area contributed by atoms with E-state index in [1.807, 2.05) is 14.0 Å². The van der Waals surface area contributed by atoms with Crippen LogP contribution in [0.5, 0.6) is 5.88 Å². The van der Waals surface area contributed by atoms with Gasteiger partial charge >= 0.3 is 12.1 Å². The molecule has 2 saturated heterocycles. The zero-order valence-electron chi connectivity index (χ0n) is 23.1. The van der Waals surface area contributed by atoms with Gasteiger partial charge < -0.3 is 19.3 Å². The van der Waals surface area contributed by atoms with E-state index in [2.05, 4.69) is 35.5 Å². The van der Waals surface area contributed by atoms with Gasteiger partial charge in [0.15, 0.2) is 5.82 Å². The number of halogens is 2. The first-order valence-electron chi connectivity index (χ1n) is 13.1. The smallest absolute Gasteiger partial charge is 0.412 e. The Morgan fingerprint density at radius 2 is 1.95 bits per heavy atom. The number of anilines is 3. The quantitative estimate of drug-likeness (QED) is 0.493. The monoisotopic (exact) mass is 563 g/mol. The van der Waals surface area contributed by atoms with Gasteiger partial charge in [0.2, 0.25) is 11.8 Å². The van der Waals surface area contributed by atoms with Crippen LogP contribution in [0.4, 0.5) is 36.0 Å². The summed E-state index contributed by atoms with van der Waals surface area (Å²) in [6.45, 7) is 5.14. The standard InChI is InChI=1S/C25H35F2N9O4/c1-5-39-20-14-29-19(13-30-20)32-22(37)35(4)17-15-36(12-9-25(17,26)27)21-28-10-7-18(31-21)33-23(38)40-16-24(2)8-6-11-34(24)3/h7,10,13-14,17H,5-6,8-9,11-12,15-16H2,1-4H3,(H,29,32,37)(H,28,31,33,38)/t17-,24+/m0/s1. The highest BCUT2D eigenvalue weighted by atomic mass is 19.3. The normalized spacial score (nSPS) is 22.4. The molecule has 2 fully saturated rings. The molecule has 0 spiro atoms. The van der Waals surface area contributed by atoms with E-state index in [1.54, 1.807) is 11.8 Å². The summed E-state index contributed by atoms with van der Waals surface area (Å²) in [6, 6.07) is -0.765. The van der Waals surface area contributed by atoms with Crippen LogP contribution < -0.4 is 20.3 Å². The number of amides is 3. The Morgan fingerprint density at radius 1 is 1.15 bits per heavy atom. The summed E-state index contributed by atoms with van der Waals surface area (Å²) in [5, 5.41) is 5.06. The fraction of sp³-hybridized carbons (Fsp3) is 0.600. The van der Waals surface area contributed by atoms with Crippen molar-refractivity contribution >= 4 is 29.7 Å². The van der Waals surface area contributed by atoms with E-state index in [-0.39, 0.29) is 48.7 Å². The molecular formula is C25H35F2N9O4. The molecular weight excluding hydrogens is 528 g/mol. The van der Waals surface area contributed by atoms with Crippen molar-refractivity contribution in [1.29, 1.82) is 0 Å². The number of aromatic nitrogens is 4. The van der Waals surface area contributed by atoms with E-state index in [4.69, 9.17) is 9.47 Å². The predicted molar refractivity (Wildman–Crippen MR) is 143 cm³/mol. The summed E-state index contributed by atoms with van der Waals surface area (Å²) >= 11 is 0. The third kappa shape index (κ3) is 6.81. The fourth-order valence-corrected chi connectivity index (χ4v) is 4.69. The van der Waals surface area contributed by atoms with Gasteiger partial charge in [-0.2, -0.15) is 4.98 Å². The molecule has 0 bridgehead atoms. The van der Waals surface area contributed by atoms with Gasteiger partial charge in [0.1, 0.15) is 18.5 Å². The van der Waals surface area contributed by atoms with Crippen molar-refractivity contribution < 1.29 is 27.8 Å². The minimum atomic E-state index is -3.16. The minimum Gasteiger partial charge on any atom is -0.477 e. The number of alkyl halides is 2. The molecule has 0 aromatic carbocycles. The molecule has 2 aliphatic rings. The van der Waals surface area contributed by atoms with Crippen molar-refractivity contribution in [3.8, 4) is 5.88 Å². The number of nitrogens with one attached hydrogen (secondary N) is 2. The zero-order valence-corrected chi connectivity index (χ0v) is 23.1. The maximum Gasteiger partial charge on any atom is 0.412 e. The molecule has 3 amide bonds. The first-order chi connectivity index (χ1) is 19.0. The Hall–Kier alpha value is -3.88. The minimum absolute atomic E-state index is 0.0398. The Labute approximate surface area is 231 Å². The van der Waals surface area contributed by atoms with Gasteiger partial charge in [-0.3, -0.25) is 15.5 Å². The zero-order chi connectivity index (χ0) is 28.9. The number of likely N-dealkylation sites (N-methyl/N-ethyl adjacent to an activating group) is 2. The van der Waals surface area contributed by atoms with Crippen LogP contribution in [0.1, 0.15) is 33.1 Å². The van der Waals surface area contributed by atoms with Crippen molar-refractivity contribution in [2.75, 3.05) is 62.5 Å². The maximum atomic E-state index is 15.0. The van der Waals surface area contributed by atoms with Crippen LogP contribution in [0.2, 0.25) is 0 Å². The average Bonchev–Trinajstić information content (AvgIpc) is 3.26. The second-order valence-electron chi connectivity index (χ2n) is 10.2. The second-order valence-corrected chi connectivity index (χ2v) is 10.2. The molecule has 4 heterocycles. The predicted octanol–water partition coefficient (Wildman–Crippen LogP) is 3.08. The highest BCUT2D eigenvalue weighted by Crippen LogP contribution is 2.33. The number of urea groups is 1. The molecule has 218 valence electrons. The van der Waals surface area contributed by atoms with Crippen LogP contribution in [0.15, 0.2) is 24.7 Å². The average molecular weight is 564 g/mol. The summed E-state index contributed by atoms with van der Waals surface area (Å²) < 4.78 is 40.6. The highest BCUT2D eigenvalue weighted by molar-refractivity contribution is 5.88. The number of piperidine rings is 1. The summed E-state index contributed by atoms with van der Waals surface area (Å²) in [4.78, 5) is 46.4. The first kappa shape index (κ1) is 29.1. The molecule has 2 aromatic rings. The van der Waals surface area contributed by atoms with Crippen molar-refractivity contribution in [3.63, 3.8) is 0 Å². The first-order valence-corrected chi connectivity index (χ1v) is 13.1. The lowest BCUT2D eigenvalue weighted by Gasteiger charge is -2.42. The SMILES string of the molecule is CCOc1cnc(NC(=O)N(C)[C@H]2CN(c3nccc(NC(=O)OC[C@@]4(C)CCCN4C)n3)CCC2(F)F)cn1. The Morgan fingerprint density at radius 3 is 2.62 bits per heavy atom. The molecule has 0 radical (unpaired) electrons. The van der Waals surface area contributed by atoms with Gasteiger partial charge in [-0.15, -0.1) is 0 Å². The summed E-state index contributed by atoms with van der Waals surface area (Å²) in [6.07, 6.45) is 4.82. The van der Waals surface area contributed by atoms with E-state index in [0.717, 1.165) is 24.3 Å². The number of carbonyl (C=O) groups is 2. The number of ether oxygens (including phenoxy) is 2. The van der Waals surface area contributed by atoms with Gasteiger partial charge in [-0.25, -0.2) is 33.3 Å². The van der Waals surface area contributed by atoms with Gasteiger partial charge in [0.25, 0.3) is 5.92 Å². The number of hydrogen-bond donors (Lipinski definition) is 2. The van der Waals surface area contributed by atoms with Crippen LogP contribution in [-0.4, -0.2) is 106 Å². The van der Waals surface area contributed by atoms with Crippen molar-refractivity contribution in [1.82, 2.24) is 29.7 Å². The van der Waals surface area contributed by atoms with Crippen LogP contribution in [-0.2, 0) is 4.74 Å². The van der Waals surface area contributed by atoms with Crippen molar-refractivity contribution in [2.45, 2.75) is 50.6 Å². The van der Waals surface area contributed by atoms with Gasteiger partial charge in [-0.1, -0.05) is 0 Å². The van der Waals surface area contributed by atoms with Crippen molar-refractivity contribution in [3.05, 3.63) is 24.7 Å². The number of hydrogen-bond acceptors (Lipinski definition) is 10. The van der Waals surface area contributed by atoms with E-state index >= 15 is 0 Å². The summed E-state index contributed by atoms with van der Waals surface area (Å²) in [7, 11) is 3.28. The molecule has 2 aromatic heterocycles. The molecule has 2 aliphatic heterocycles. The molecule has 2 N–H and O–H groups in total. The number of carbonyl (C=O) groups excluding carboxylic acids is 2. The van der Waals surface area contributed by atoms with Crippen LogP contribution in [0.25, 0.3) is 0 Å². The molecule has 15 heteroatoms. The molecule has 13 nitrogen and oxygen atoms in total. The molecule has 40 heavy (non-hydrogen) atoms. The molecule has 2 atom stereocenters. The number of rotatable bonds is 8. The molecule has 0 aliphatic carbocycles. The third-order valence-electron chi connectivity index (χ3n) is 7.34. The lowest BCUT2D eigenvalue weighted by Crippen LogP contribution is -2.60. The summed E-state index contributed by atoms with van der Waals surface area (Å²) in [5.41, 5.74) is -0.222. The van der Waals surface area contributed by atoms with Gasteiger partial charge in [0.05, 0.1) is 24.5 Å². The lowest BCUT2D eigenvalue weighted by atomic mass is 10.00. The Kier molecular flexibility index (Phi) is 8.81. The molecule has 0 saturated carbocycles.